The van der Waals surface area contributed by atoms with E-state index in [0.29, 0.717) is 24.2 Å². The maximum absolute atomic E-state index is 13.1. The van der Waals surface area contributed by atoms with Crippen LogP contribution in [-0.2, 0) is 19.0 Å². The molecule has 236 valence electrons. The molecule has 3 aromatic carbocycles. The SMILES string of the molecule is CCCCC(OC)(C(=O)c1ccccc1)C(=O)c1ccccc1.CCCCCCCCOC(=O)C(=Cc1ccccc1)OC. The molecule has 6 nitrogen and oxygen atoms in total. The molecule has 0 radical (unpaired) electrons. The molecule has 0 saturated heterocycles. The van der Waals surface area contributed by atoms with E-state index in [4.69, 9.17) is 14.2 Å². The monoisotopic (exact) mass is 600 g/mol. The van der Waals surface area contributed by atoms with Crippen molar-refractivity contribution in [3.63, 3.8) is 0 Å². The molecule has 0 aliphatic rings. The van der Waals surface area contributed by atoms with Crippen LogP contribution in [0.4, 0.5) is 0 Å². The van der Waals surface area contributed by atoms with Crippen molar-refractivity contribution in [2.24, 2.45) is 0 Å². The zero-order valence-electron chi connectivity index (χ0n) is 26.8. The molecule has 0 aliphatic carbocycles. The van der Waals surface area contributed by atoms with Gasteiger partial charge in [0.25, 0.3) is 0 Å². The number of hydrogen-bond donors (Lipinski definition) is 0. The second-order valence-corrected chi connectivity index (χ2v) is 10.6. The molecule has 0 amide bonds. The maximum Gasteiger partial charge on any atom is 0.373 e. The van der Waals surface area contributed by atoms with Gasteiger partial charge in [0, 0.05) is 18.2 Å². The summed E-state index contributed by atoms with van der Waals surface area (Å²) in [5.41, 5.74) is 0.453. The van der Waals surface area contributed by atoms with Crippen molar-refractivity contribution in [1.29, 1.82) is 0 Å². The summed E-state index contributed by atoms with van der Waals surface area (Å²) in [5.74, 6) is -0.701. The van der Waals surface area contributed by atoms with Crippen molar-refractivity contribution in [3.05, 3.63) is 113 Å². The summed E-state index contributed by atoms with van der Waals surface area (Å²) < 4.78 is 15.9. The molecule has 0 heterocycles. The van der Waals surface area contributed by atoms with Gasteiger partial charge in [-0.15, -0.1) is 0 Å². The molecule has 0 aromatic heterocycles. The Bertz CT molecular complexity index is 1220. The molecule has 0 N–H and O–H groups in total. The number of ether oxygens (including phenoxy) is 3. The predicted octanol–water partition coefficient (Wildman–Crippen LogP) is 8.91. The third-order valence-electron chi connectivity index (χ3n) is 7.29. The van der Waals surface area contributed by atoms with E-state index in [-0.39, 0.29) is 17.3 Å². The second-order valence-electron chi connectivity index (χ2n) is 10.6. The molecular formula is C38H48O6. The van der Waals surface area contributed by atoms with Crippen molar-refractivity contribution in [2.45, 2.75) is 77.2 Å². The highest BCUT2D eigenvalue weighted by atomic mass is 16.6. The Morgan fingerprint density at radius 2 is 1.11 bits per heavy atom. The largest absolute Gasteiger partial charge is 0.490 e. The lowest BCUT2D eigenvalue weighted by molar-refractivity contribution is -0.142. The average Bonchev–Trinajstić information content (AvgIpc) is 3.08. The molecular weight excluding hydrogens is 552 g/mol. The lowest BCUT2D eigenvalue weighted by Gasteiger charge is -2.29. The summed E-state index contributed by atoms with van der Waals surface area (Å²) in [4.78, 5) is 38.0. The van der Waals surface area contributed by atoms with Crippen LogP contribution >= 0.6 is 0 Å². The lowest BCUT2D eigenvalue weighted by atomic mass is 9.81. The van der Waals surface area contributed by atoms with E-state index in [1.165, 1.54) is 39.9 Å². The van der Waals surface area contributed by atoms with Crippen LogP contribution in [-0.4, -0.2) is 44.0 Å². The zero-order valence-corrected chi connectivity index (χ0v) is 26.8. The Hall–Kier alpha value is -4.03. The first-order valence-corrected chi connectivity index (χ1v) is 15.7. The number of rotatable bonds is 18. The zero-order chi connectivity index (χ0) is 32.0. The quantitative estimate of drug-likeness (QED) is 0.0362. The summed E-state index contributed by atoms with van der Waals surface area (Å²) in [7, 11) is 2.93. The number of carbonyl (C=O) groups is 3. The molecule has 0 saturated carbocycles. The number of unbranched alkanes of at least 4 members (excludes halogenated alkanes) is 6. The molecule has 0 unspecified atom stereocenters. The van der Waals surface area contributed by atoms with Gasteiger partial charge in [-0.2, -0.15) is 0 Å². The first-order valence-electron chi connectivity index (χ1n) is 15.7. The van der Waals surface area contributed by atoms with Crippen molar-refractivity contribution < 1.29 is 28.6 Å². The van der Waals surface area contributed by atoms with Crippen LogP contribution < -0.4 is 0 Å². The van der Waals surface area contributed by atoms with E-state index in [1.54, 1.807) is 54.6 Å². The maximum atomic E-state index is 13.1. The fraction of sp³-hybridized carbons (Fsp3) is 0.395. The number of Topliss-reactive ketones (excluding diaryl/α,β-unsaturated/α-hetero) is 2. The van der Waals surface area contributed by atoms with Crippen molar-refractivity contribution >= 4 is 23.6 Å². The van der Waals surface area contributed by atoms with Gasteiger partial charge in [-0.3, -0.25) is 9.59 Å². The van der Waals surface area contributed by atoms with E-state index in [9.17, 15) is 14.4 Å². The Morgan fingerprint density at radius 3 is 1.59 bits per heavy atom. The van der Waals surface area contributed by atoms with E-state index in [1.807, 2.05) is 49.4 Å². The van der Waals surface area contributed by atoms with Crippen LogP contribution in [0.3, 0.4) is 0 Å². The fourth-order valence-corrected chi connectivity index (χ4v) is 4.71. The van der Waals surface area contributed by atoms with Gasteiger partial charge in [0.2, 0.25) is 17.3 Å². The van der Waals surface area contributed by atoms with Crippen LogP contribution in [0.2, 0.25) is 0 Å². The minimum Gasteiger partial charge on any atom is -0.490 e. The van der Waals surface area contributed by atoms with Gasteiger partial charge in [-0.05, 0) is 30.9 Å². The minimum absolute atomic E-state index is 0.243. The molecule has 0 bridgehead atoms. The fourth-order valence-electron chi connectivity index (χ4n) is 4.71. The van der Waals surface area contributed by atoms with E-state index >= 15 is 0 Å². The number of methoxy groups -OCH3 is 2. The molecule has 0 atom stereocenters. The normalized spacial score (nSPS) is 11.2. The standard InChI is InChI=1S/C20H22O3.C18H26O3/c1-3-4-15-20(23-2,18(21)16-11-7-5-8-12-16)19(22)17-13-9-6-10-14-17;1-3-4-5-6-7-11-14-21-18(19)17(20-2)15-16-12-9-8-10-13-16/h5-14H,3-4,15H2,1-2H3;8-10,12-13,15H,3-7,11,14H2,1-2H3. The highest BCUT2D eigenvalue weighted by molar-refractivity contribution is 6.22. The first kappa shape index (κ1) is 36.2. The van der Waals surface area contributed by atoms with Crippen LogP contribution in [0.1, 0.15) is 97.9 Å². The van der Waals surface area contributed by atoms with E-state index in [0.717, 1.165) is 31.2 Å². The molecule has 44 heavy (non-hydrogen) atoms. The smallest absolute Gasteiger partial charge is 0.373 e. The first-order chi connectivity index (χ1) is 21.4. The van der Waals surface area contributed by atoms with E-state index in [2.05, 4.69) is 6.92 Å². The summed E-state index contributed by atoms with van der Waals surface area (Å²) in [5, 5.41) is 0. The third kappa shape index (κ3) is 11.6. The summed E-state index contributed by atoms with van der Waals surface area (Å²) in [6.45, 7) is 4.69. The summed E-state index contributed by atoms with van der Waals surface area (Å²) >= 11 is 0. The number of esters is 1. The third-order valence-corrected chi connectivity index (χ3v) is 7.29. The van der Waals surface area contributed by atoms with Gasteiger partial charge in [0.05, 0.1) is 13.7 Å². The van der Waals surface area contributed by atoms with Crippen LogP contribution in [0, 0.1) is 0 Å². The number of carbonyl (C=O) groups excluding carboxylic acids is 3. The van der Waals surface area contributed by atoms with Crippen molar-refractivity contribution in [1.82, 2.24) is 0 Å². The Morgan fingerprint density at radius 1 is 0.636 bits per heavy atom. The second kappa shape index (κ2) is 20.8. The molecule has 3 aromatic rings. The van der Waals surface area contributed by atoms with Gasteiger partial charge >= 0.3 is 5.97 Å². The van der Waals surface area contributed by atoms with Gasteiger partial charge in [-0.25, -0.2) is 4.79 Å². The number of hydrogen-bond acceptors (Lipinski definition) is 6. The van der Waals surface area contributed by atoms with Gasteiger partial charge in [0.1, 0.15) is 0 Å². The summed E-state index contributed by atoms with van der Waals surface area (Å²) in [6, 6.07) is 27.3. The lowest BCUT2D eigenvalue weighted by Crippen LogP contribution is -2.48. The highest BCUT2D eigenvalue weighted by Gasteiger charge is 2.46. The Kier molecular flexibility index (Phi) is 17.1. The van der Waals surface area contributed by atoms with Crippen molar-refractivity contribution in [3.8, 4) is 0 Å². The summed E-state index contributed by atoms with van der Waals surface area (Å²) in [6.07, 6.45) is 10.7. The highest BCUT2D eigenvalue weighted by Crippen LogP contribution is 2.28. The molecule has 0 fully saturated rings. The Labute approximate surface area is 263 Å². The molecule has 0 spiro atoms. The number of ketones is 2. The van der Waals surface area contributed by atoms with Gasteiger partial charge < -0.3 is 14.2 Å². The molecule has 6 heteroatoms. The van der Waals surface area contributed by atoms with E-state index < -0.39 is 11.6 Å². The average molecular weight is 601 g/mol. The van der Waals surface area contributed by atoms with Crippen LogP contribution in [0.15, 0.2) is 96.8 Å². The minimum atomic E-state index is -1.46. The van der Waals surface area contributed by atoms with Gasteiger partial charge in [0.15, 0.2) is 5.60 Å². The van der Waals surface area contributed by atoms with Crippen LogP contribution in [0.25, 0.3) is 6.08 Å². The molecule has 0 aliphatic heterocycles. The van der Waals surface area contributed by atoms with Crippen molar-refractivity contribution in [2.75, 3.05) is 20.8 Å². The topological polar surface area (TPSA) is 78.9 Å². The predicted molar refractivity (Wildman–Crippen MR) is 177 cm³/mol. The number of benzene rings is 3. The van der Waals surface area contributed by atoms with Gasteiger partial charge in [-0.1, -0.05) is 143 Å². The van der Waals surface area contributed by atoms with Crippen LogP contribution in [0.5, 0.6) is 0 Å². The molecule has 3 rings (SSSR count). The Balaban J connectivity index is 0.000000308.